The Hall–Kier alpha value is -1.62. The third kappa shape index (κ3) is 4.82. The van der Waals surface area contributed by atoms with Crippen LogP contribution in [0.5, 0.6) is 0 Å². The molecule has 1 aromatic rings. The molecule has 1 atom stereocenters. The number of ether oxygens (including phenoxy) is 1. The number of hydrogen-bond donors (Lipinski definition) is 2. The summed E-state index contributed by atoms with van der Waals surface area (Å²) in [4.78, 5) is 11.4. The van der Waals surface area contributed by atoms with E-state index in [1.54, 1.807) is 13.8 Å². The Morgan fingerprint density at radius 1 is 1.41 bits per heavy atom. The van der Waals surface area contributed by atoms with E-state index in [0.717, 1.165) is 5.69 Å². The topological polar surface area (TPSA) is 50.4 Å². The van der Waals surface area contributed by atoms with Crippen LogP contribution in [0, 0.1) is 0 Å². The van der Waals surface area contributed by atoms with Gasteiger partial charge < -0.3 is 15.4 Å². The molecule has 5 heteroatoms. The van der Waals surface area contributed by atoms with E-state index in [1.165, 1.54) is 0 Å². The second-order valence-corrected chi connectivity index (χ2v) is 3.85. The van der Waals surface area contributed by atoms with Gasteiger partial charge in [0.1, 0.15) is 6.04 Å². The molecule has 0 spiro atoms. The molecule has 0 radical (unpaired) electrons. The maximum atomic E-state index is 11.4. The molecule has 0 bridgehead atoms. The first-order valence-electron chi connectivity index (χ1n) is 5.42. The Balaban J connectivity index is 2.42. The fraction of sp³-hybridized carbons (Fsp3) is 0.333. The largest absolute Gasteiger partial charge is 0.464 e. The molecule has 92 valence electrons. The molecule has 0 amide bonds. The first-order chi connectivity index (χ1) is 8.13. The lowest BCUT2D eigenvalue weighted by atomic mass is 10.3. The highest BCUT2D eigenvalue weighted by Gasteiger charge is 2.14. The van der Waals surface area contributed by atoms with Gasteiger partial charge in [0.05, 0.1) is 6.61 Å². The molecule has 0 aliphatic rings. The molecule has 0 saturated heterocycles. The van der Waals surface area contributed by atoms with Gasteiger partial charge in [-0.2, -0.15) is 0 Å². The minimum absolute atomic E-state index is 0.315. The third-order valence-electron chi connectivity index (χ3n) is 2.02. The number of anilines is 1. The number of nitrogens with one attached hydrogen (secondary N) is 2. The van der Waals surface area contributed by atoms with Crippen molar-refractivity contribution >= 4 is 29.0 Å². The van der Waals surface area contributed by atoms with Crippen LogP contribution in [-0.4, -0.2) is 23.7 Å². The van der Waals surface area contributed by atoms with Crippen LogP contribution in [0.15, 0.2) is 30.3 Å². The lowest BCUT2D eigenvalue weighted by Crippen LogP contribution is -2.41. The summed E-state index contributed by atoms with van der Waals surface area (Å²) in [7, 11) is 0. The van der Waals surface area contributed by atoms with E-state index >= 15 is 0 Å². The molecule has 1 unspecified atom stereocenters. The van der Waals surface area contributed by atoms with Gasteiger partial charge in [-0.25, -0.2) is 4.79 Å². The van der Waals surface area contributed by atoms with E-state index in [1.807, 2.05) is 30.3 Å². The van der Waals surface area contributed by atoms with Gasteiger partial charge in [-0.3, -0.25) is 0 Å². The summed E-state index contributed by atoms with van der Waals surface area (Å²) in [5.74, 6) is -0.315. The molecule has 1 aromatic carbocycles. The van der Waals surface area contributed by atoms with Crippen molar-refractivity contribution in [1.29, 1.82) is 0 Å². The molecule has 2 N–H and O–H groups in total. The number of hydrogen-bond acceptors (Lipinski definition) is 3. The van der Waals surface area contributed by atoms with Crippen LogP contribution in [0.4, 0.5) is 5.69 Å². The highest BCUT2D eigenvalue weighted by Crippen LogP contribution is 2.04. The zero-order valence-corrected chi connectivity index (χ0v) is 10.7. The van der Waals surface area contributed by atoms with Crippen molar-refractivity contribution in [1.82, 2.24) is 5.32 Å². The van der Waals surface area contributed by atoms with Gasteiger partial charge >= 0.3 is 5.97 Å². The van der Waals surface area contributed by atoms with Crippen LogP contribution in [0.25, 0.3) is 0 Å². The molecule has 0 saturated carbocycles. The van der Waals surface area contributed by atoms with Crippen molar-refractivity contribution < 1.29 is 9.53 Å². The minimum Gasteiger partial charge on any atom is -0.464 e. The number of carbonyl (C=O) groups excluding carboxylic acids is 1. The summed E-state index contributed by atoms with van der Waals surface area (Å²) in [6, 6.07) is 9.05. The van der Waals surface area contributed by atoms with E-state index in [9.17, 15) is 4.79 Å². The Morgan fingerprint density at radius 2 is 2.06 bits per heavy atom. The molecule has 17 heavy (non-hydrogen) atoms. The van der Waals surface area contributed by atoms with Crippen molar-refractivity contribution in [2.75, 3.05) is 11.9 Å². The highest BCUT2D eigenvalue weighted by atomic mass is 32.1. The maximum absolute atomic E-state index is 11.4. The average Bonchev–Trinajstić information content (AvgIpc) is 2.30. The van der Waals surface area contributed by atoms with Gasteiger partial charge in [-0.05, 0) is 38.2 Å². The average molecular weight is 252 g/mol. The molecule has 4 nitrogen and oxygen atoms in total. The third-order valence-corrected chi connectivity index (χ3v) is 2.24. The van der Waals surface area contributed by atoms with E-state index in [-0.39, 0.29) is 5.97 Å². The lowest BCUT2D eigenvalue weighted by Gasteiger charge is -2.15. The quantitative estimate of drug-likeness (QED) is 0.633. The molecular weight excluding hydrogens is 236 g/mol. The summed E-state index contributed by atoms with van der Waals surface area (Å²) in [6.45, 7) is 3.84. The fourth-order valence-electron chi connectivity index (χ4n) is 1.21. The van der Waals surface area contributed by atoms with Gasteiger partial charge in [0, 0.05) is 5.69 Å². The van der Waals surface area contributed by atoms with E-state index < -0.39 is 6.04 Å². The summed E-state index contributed by atoms with van der Waals surface area (Å²) in [5, 5.41) is 6.24. The maximum Gasteiger partial charge on any atom is 0.328 e. The first-order valence-corrected chi connectivity index (χ1v) is 5.83. The normalized spacial score (nSPS) is 11.4. The summed E-state index contributed by atoms with van der Waals surface area (Å²) in [6.07, 6.45) is 0. The highest BCUT2D eigenvalue weighted by molar-refractivity contribution is 7.80. The predicted octanol–water partition coefficient (Wildman–Crippen LogP) is 1.92. The van der Waals surface area contributed by atoms with Crippen LogP contribution >= 0.6 is 12.2 Å². The smallest absolute Gasteiger partial charge is 0.328 e. The molecule has 0 heterocycles. The second-order valence-electron chi connectivity index (χ2n) is 3.44. The summed E-state index contributed by atoms with van der Waals surface area (Å²) in [5.41, 5.74) is 0.876. The van der Waals surface area contributed by atoms with Crippen molar-refractivity contribution in [3.05, 3.63) is 30.3 Å². The van der Waals surface area contributed by atoms with Crippen LogP contribution in [-0.2, 0) is 9.53 Å². The molecule has 0 fully saturated rings. The summed E-state index contributed by atoms with van der Waals surface area (Å²) >= 11 is 5.09. The van der Waals surface area contributed by atoms with Crippen molar-refractivity contribution in [3.63, 3.8) is 0 Å². The predicted molar refractivity (Wildman–Crippen MR) is 71.9 cm³/mol. The monoisotopic (exact) mass is 252 g/mol. The van der Waals surface area contributed by atoms with Crippen LogP contribution in [0.3, 0.4) is 0 Å². The van der Waals surface area contributed by atoms with Gasteiger partial charge in [-0.1, -0.05) is 18.2 Å². The van der Waals surface area contributed by atoms with E-state index in [2.05, 4.69) is 10.6 Å². The Bertz CT molecular complexity index is 381. The Morgan fingerprint density at radius 3 is 2.65 bits per heavy atom. The number of esters is 1. The fourth-order valence-corrected chi connectivity index (χ4v) is 1.51. The van der Waals surface area contributed by atoms with Crippen molar-refractivity contribution in [2.24, 2.45) is 0 Å². The van der Waals surface area contributed by atoms with Gasteiger partial charge in [0.15, 0.2) is 5.11 Å². The second kappa shape index (κ2) is 6.85. The zero-order valence-electron chi connectivity index (χ0n) is 9.90. The Kier molecular flexibility index (Phi) is 5.42. The zero-order chi connectivity index (χ0) is 12.7. The first kappa shape index (κ1) is 13.4. The van der Waals surface area contributed by atoms with Gasteiger partial charge in [-0.15, -0.1) is 0 Å². The number of rotatable bonds is 4. The number of carbonyl (C=O) groups is 1. The molecule has 0 aliphatic carbocycles. The number of thiocarbonyl (C=S) groups is 1. The molecule has 0 aliphatic heterocycles. The van der Waals surface area contributed by atoms with Crippen molar-refractivity contribution in [3.8, 4) is 0 Å². The molecule has 0 aromatic heterocycles. The van der Waals surface area contributed by atoms with Crippen LogP contribution < -0.4 is 10.6 Å². The Labute approximate surface area is 106 Å². The van der Waals surface area contributed by atoms with E-state index in [0.29, 0.717) is 11.7 Å². The number of para-hydroxylation sites is 1. The molecular formula is C12H16N2O2S. The van der Waals surface area contributed by atoms with Gasteiger partial charge in [0.2, 0.25) is 0 Å². The van der Waals surface area contributed by atoms with Crippen molar-refractivity contribution in [2.45, 2.75) is 19.9 Å². The van der Waals surface area contributed by atoms with Crippen LogP contribution in [0.1, 0.15) is 13.8 Å². The SMILES string of the molecule is CCOC(=O)C(C)NC(=S)Nc1ccccc1. The minimum atomic E-state index is -0.460. The standard InChI is InChI=1S/C12H16N2O2S/c1-3-16-11(15)9(2)13-12(17)14-10-7-5-4-6-8-10/h4-9H,3H2,1-2H3,(H2,13,14,17). The lowest BCUT2D eigenvalue weighted by molar-refractivity contribution is -0.144. The molecule has 1 rings (SSSR count). The summed E-state index contributed by atoms with van der Waals surface area (Å²) < 4.78 is 4.87. The number of benzene rings is 1. The van der Waals surface area contributed by atoms with Crippen LogP contribution in [0.2, 0.25) is 0 Å². The van der Waals surface area contributed by atoms with Gasteiger partial charge in [0.25, 0.3) is 0 Å². The van der Waals surface area contributed by atoms with E-state index in [4.69, 9.17) is 17.0 Å².